The molecule has 154 valence electrons. The fraction of sp³-hybridized carbons (Fsp3) is 0.292. The van der Waals surface area contributed by atoms with Crippen LogP contribution in [0.5, 0.6) is 0 Å². The number of nitrogens with zero attached hydrogens (tertiary/aromatic N) is 2. The summed E-state index contributed by atoms with van der Waals surface area (Å²) in [7, 11) is 1.49. The molecule has 0 atom stereocenters. The van der Waals surface area contributed by atoms with E-state index in [2.05, 4.69) is 4.98 Å². The van der Waals surface area contributed by atoms with Gasteiger partial charge in [0.1, 0.15) is 5.82 Å². The van der Waals surface area contributed by atoms with Crippen LogP contribution < -0.4 is 16.1 Å². The minimum atomic E-state index is -0.422. The van der Waals surface area contributed by atoms with Gasteiger partial charge in [-0.3, -0.25) is 19.1 Å². The average molecular weight is 403 g/mol. The maximum absolute atomic E-state index is 12.9. The smallest absolute Gasteiger partial charge is 0.329 e. The molecule has 1 aliphatic rings. The molecule has 0 amide bonds. The van der Waals surface area contributed by atoms with Gasteiger partial charge < -0.3 is 4.90 Å². The van der Waals surface area contributed by atoms with Crippen molar-refractivity contribution in [2.24, 2.45) is 13.0 Å². The molecule has 0 saturated carbocycles. The van der Waals surface area contributed by atoms with Crippen molar-refractivity contribution in [3.8, 4) is 0 Å². The highest BCUT2D eigenvalue weighted by Crippen LogP contribution is 2.26. The largest absolute Gasteiger partial charge is 0.358 e. The summed E-state index contributed by atoms with van der Waals surface area (Å²) in [6.45, 7) is 1.24. The molecular formula is C24H25N3O3. The van der Waals surface area contributed by atoms with Gasteiger partial charge in [-0.15, -0.1) is 0 Å². The van der Waals surface area contributed by atoms with Gasteiger partial charge >= 0.3 is 5.69 Å². The first-order valence-corrected chi connectivity index (χ1v) is 10.2. The molecular weight excluding hydrogens is 378 g/mol. The van der Waals surface area contributed by atoms with Crippen molar-refractivity contribution in [2.45, 2.75) is 19.3 Å². The van der Waals surface area contributed by atoms with Gasteiger partial charge in [0.2, 0.25) is 0 Å². The normalized spacial score (nSPS) is 14.6. The number of Topliss-reactive ketones (excluding diaryl/α,β-unsaturated/α-hetero) is 1. The number of hydrogen-bond donors (Lipinski definition) is 1. The van der Waals surface area contributed by atoms with Crippen LogP contribution >= 0.6 is 0 Å². The number of nitrogens with one attached hydrogen (secondary N) is 1. The molecule has 0 radical (unpaired) electrons. The number of aromatic nitrogens is 2. The summed E-state index contributed by atoms with van der Waals surface area (Å²) in [5, 5.41) is 0. The number of anilines is 1. The van der Waals surface area contributed by atoms with Crippen LogP contribution in [0.3, 0.4) is 0 Å². The standard InChI is InChI=1S/C24H25N3O3/c1-26-23(29)20(16-17-8-4-2-5-9-17)22(25-24(26)30)27-14-12-19(13-15-27)21(28)18-10-6-3-7-11-18/h2-11,19H,12-16H2,1H3,(H,25,30). The Morgan fingerprint density at radius 2 is 1.57 bits per heavy atom. The van der Waals surface area contributed by atoms with Crippen LogP contribution in [0.1, 0.15) is 34.3 Å². The van der Waals surface area contributed by atoms with Crippen molar-refractivity contribution in [3.05, 3.63) is 98.2 Å². The second-order valence-electron chi connectivity index (χ2n) is 7.78. The molecule has 1 aliphatic heterocycles. The van der Waals surface area contributed by atoms with E-state index in [-0.39, 0.29) is 17.3 Å². The van der Waals surface area contributed by atoms with Crippen molar-refractivity contribution in [2.75, 3.05) is 18.0 Å². The zero-order valence-electron chi connectivity index (χ0n) is 17.0. The van der Waals surface area contributed by atoms with Crippen LogP contribution in [0.15, 0.2) is 70.3 Å². The van der Waals surface area contributed by atoms with Crippen LogP contribution in [0.4, 0.5) is 5.82 Å². The van der Waals surface area contributed by atoms with Crippen molar-refractivity contribution >= 4 is 11.6 Å². The summed E-state index contributed by atoms with van der Waals surface area (Å²) in [5.41, 5.74) is 1.63. The zero-order valence-corrected chi connectivity index (χ0v) is 17.0. The van der Waals surface area contributed by atoms with E-state index in [1.165, 1.54) is 7.05 Å². The Bertz CT molecular complexity index is 1140. The Hall–Kier alpha value is -3.41. The lowest BCUT2D eigenvalue weighted by Crippen LogP contribution is -2.42. The van der Waals surface area contributed by atoms with Gasteiger partial charge in [0.25, 0.3) is 5.56 Å². The molecule has 1 fully saturated rings. The lowest BCUT2D eigenvalue weighted by atomic mass is 9.88. The highest BCUT2D eigenvalue weighted by molar-refractivity contribution is 5.97. The van der Waals surface area contributed by atoms with E-state index in [1.54, 1.807) is 0 Å². The first-order valence-electron chi connectivity index (χ1n) is 10.2. The number of H-pyrrole nitrogens is 1. The molecule has 30 heavy (non-hydrogen) atoms. The monoisotopic (exact) mass is 403 g/mol. The van der Waals surface area contributed by atoms with Crippen LogP contribution in [0.25, 0.3) is 0 Å². The summed E-state index contributed by atoms with van der Waals surface area (Å²) < 4.78 is 1.12. The fourth-order valence-electron chi connectivity index (χ4n) is 4.09. The van der Waals surface area contributed by atoms with Crippen molar-refractivity contribution < 1.29 is 4.79 Å². The third kappa shape index (κ3) is 3.99. The van der Waals surface area contributed by atoms with Crippen LogP contribution in [0.2, 0.25) is 0 Å². The quantitative estimate of drug-likeness (QED) is 0.665. The molecule has 4 rings (SSSR count). The van der Waals surface area contributed by atoms with Crippen LogP contribution in [0, 0.1) is 5.92 Å². The molecule has 1 saturated heterocycles. The SMILES string of the molecule is Cn1c(=O)[nH]c(N2CCC(C(=O)c3ccccc3)CC2)c(Cc2ccccc2)c1=O. The summed E-state index contributed by atoms with van der Waals surface area (Å²) in [6.07, 6.45) is 1.83. The first kappa shape index (κ1) is 19.9. The minimum absolute atomic E-state index is 0.0421. The molecule has 1 N–H and O–H groups in total. The Kier molecular flexibility index (Phi) is 5.65. The van der Waals surface area contributed by atoms with Gasteiger partial charge in [0.05, 0.1) is 5.56 Å². The Labute approximate surface area is 174 Å². The maximum atomic E-state index is 12.9. The average Bonchev–Trinajstić information content (AvgIpc) is 2.80. The van der Waals surface area contributed by atoms with Gasteiger partial charge in [-0.1, -0.05) is 60.7 Å². The van der Waals surface area contributed by atoms with Crippen molar-refractivity contribution in [1.82, 2.24) is 9.55 Å². The van der Waals surface area contributed by atoms with E-state index in [4.69, 9.17) is 0 Å². The molecule has 0 aliphatic carbocycles. The number of rotatable bonds is 5. The van der Waals surface area contributed by atoms with E-state index in [0.29, 0.717) is 43.7 Å². The topological polar surface area (TPSA) is 75.2 Å². The number of piperidine rings is 1. The molecule has 0 unspecified atom stereocenters. The number of ketones is 1. The third-order valence-electron chi connectivity index (χ3n) is 5.84. The summed E-state index contributed by atoms with van der Waals surface area (Å²) in [5.74, 6) is 0.703. The van der Waals surface area contributed by atoms with Gasteiger partial charge in [-0.2, -0.15) is 0 Å². The van der Waals surface area contributed by atoms with E-state index in [1.807, 2.05) is 65.6 Å². The van der Waals surface area contributed by atoms with E-state index in [9.17, 15) is 14.4 Å². The molecule has 6 nitrogen and oxygen atoms in total. The number of aromatic amines is 1. The number of carbonyl (C=O) groups is 1. The predicted molar refractivity (Wildman–Crippen MR) is 117 cm³/mol. The van der Waals surface area contributed by atoms with Gasteiger partial charge in [0, 0.05) is 38.0 Å². The predicted octanol–water partition coefficient (Wildman–Crippen LogP) is 2.76. The molecule has 3 aromatic rings. The van der Waals surface area contributed by atoms with Crippen molar-refractivity contribution in [3.63, 3.8) is 0 Å². The molecule has 6 heteroatoms. The lowest BCUT2D eigenvalue weighted by molar-refractivity contribution is 0.0900. The zero-order chi connectivity index (χ0) is 21.1. The summed E-state index contributed by atoms with van der Waals surface area (Å²) in [6, 6.07) is 19.1. The maximum Gasteiger partial charge on any atom is 0.329 e. The van der Waals surface area contributed by atoms with Gasteiger partial charge in [-0.05, 0) is 18.4 Å². The second-order valence-corrected chi connectivity index (χ2v) is 7.78. The minimum Gasteiger partial charge on any atom is -0.358 e. The molecule has 0 bridgehead atoms. The molecule has 1 aromatic heterocycles. The Morgan fingerprint density at radius 3 is 2.20 bits per heavy atom. The Balaban J connectivity index is 1.58. The van der Waals surface area contributed by atoms with E-state index < -0.39 is 5.69 Å². The summed E-state index contributed by atoms with van der Waals surface area (Å²) in [4.78, 5) is 42.9. The Morgan fingerprint density at radius 1 is 0.967 bits per heavy atom. The fourth-order valence-corrected chi connectivity index (χ4v) is 4.09. The van der Waals surface area contributed by atoms with Crippen molar-refractivity contribution in [1.29, 1.82) is 0 Å². The van der Waals surface area contributed by atoms with Gasteiger partial charge in [0.15, 0.2) is 5.78 Å². The third-order valence-corrected chi connectivity index (χ3v) is 5.84. The van der Waals surface area contributed by atoms with Crippen LogP contribution in [-0.4, -0.2) is 28.4 Å². The first-order chi connectivity index (χ1) is 14.5. The lowest BCUT2D eigenvalue weighted by Gasteiger charge is -2.33. The molecule has 2 aromatic carbocycles. The number of benzene rings is 2. The molecule has 0 spiro atoms. The number of carbonyl (C=O) groups excluding carboxylic acids is 1. The summed E-state index contributed by atoms with van der Waals surface area (Å²) >= 11 is 0. The van der Waals surface area contributed by atoms with E-state index >= 15 is 0 Å². The number of hydrogen-bond acceptors (Lipinski definition) is 4. The van der Waals surface area contributed by atoms with E-state index in [0.717, 1.165) is 15.7 Å². The van der Waals surface area contributed by atoms with Gasteiger partial charge in [-0.25, -0.2) is 4.79 Å². The molecule has 2 heterocycles. The van der Waals surface area contributed by atoms with Crippen LogP contribution in [-0.2, 0) is 13.5 Å². The highest BCUT2D eigenvalue weighted by Gasteiger charge is 2.28. The highest BCUT2D eigenvalue weighted by atomic mass is 16.2. The second kappa shape index (κ2) is 8.53.